The minimum Gasteiger partial charge on any atom is -0.341 e. The topological polar surface area (TPSA) is 86.7 Å². The maximum atomic E-state index is 13.7. The first-order valence-corrected chi connectivity index (χ1v) is 10.5. The van der Waals surface area contributed by atoms with Crippen LogP contribution in [0.25, 0.3) is 0 Å². The van der Waals surface area contributed by atoms with Gasteiger partial charge in [-0.25, -0.2) is 4.39 Å². The molecule has 2 aromatic carbocycles. The highest BCUT2D eigenvalue weighted by Gasteiger charge is 2.51. The van der Waals surface area contributed by atoms with Gasteiger partial charge in [0.05, 0.1) is 4.47 Å². The Morgan fingerprint density at radius 2 is 1.81 bits per heavy atom. The quantitative estimate of drug-likeness (QED) is 0.525. The lowest BCUT2D eigenvalue weighted by Crippen LogP contribution is -2.45. The van der Waals surface area contributed by atoms with Crippen molar-refractivity contribution in [2.24, 2.45) is 0 Å². The second-order valence-corrected chi connectivity index (χ2v) is 8.79. The number of hydrogen-bond acceptors (Lipinski definition) is 4. The van der Waals surface area contributed by atoms with Gasteiger partial charge >= 0.3 is 0 Å². The zero-order valence-electron chi connectivity index (χ0n) is 13.9. The number of amides is 1. The highest BCUT2D eigenvalue weighted by molar-refractivity contribution is 9.10. The third-order valence-electron chi connectivity index (χ3n) is 4.31. The van der Waals surface area contributed by atoms with Crippen LogP contribution in [-0.4, -0.2) is 35.9 Å². The summed E-state index contributed by atoms with van der Waals surface area (Å²) in [5.41, 5.74) is -0.0524. The molecule has 6 nitrogen and oxygen atoms in total. The van der Waals surface area contributed by atoms with Crippen LogP contribution in [0, 0.1) is 5.82 Å². The number of hydrogen-bond donors (Lipinski definition) is 2. The third-order valence-corrected chi connectivity index (χ3v) is 5.99. The molecule has 0 aliphatic carbocycles. The van der Waals surface area contributed by atoms with Crippen molar-refractivity contribution in [1.82, 2.24) is 10.2 Å². The first-order valence-electron chi connectivity index (χ1n) is 7.65. The second kappa shape index (κ2) is 6.93. The Morgan fingerprint density at radius 3 is 2.30 bits per heavy atom. The molecule has 27 heavy (non-hydrogen) atoms. The fourth-order valence-corrected chi connectivity index (χ4v) is 4.22. The summed E-state index contributed by atoms with van der Waals surface area (Å²) >= 11 is 8.35. The zero-order valence-corrected chi connectivity index (χ0v) is 17.2. The Morgan fingerprint density at radius 1 is 1.22 bits per heavy atom. The van der Waals surface area contributed by atoms with Crippen molar-refractivity contribution in [2.45, 2.75) is 11.3 Å². The van der Waals surface area contributed by atoms with Gasteiger partial charge in [-0.2, -0.15) is 8.42 Å². The van der Waals surface area contributed by atoms with Crippen LogP contribution in [0.15, 0.2) is 46.9 Å². The predicted octanol–water partition coefficient (Wildman–Crippen LogP) is 2.57. The lowest BCUT2D eigenvalue weighted by atomic mass is 9.82. The summed E-state index contributed by atoms with van der Waals surface area (Å²) in [6.45, 7) is 0. The van der Waals surface area contributed by atoms with Crippen LogP contribution < -0.4 is 5.32 Å². The molecule has 1 unspecified atom stereocenters. The number of carbonyl (C=O) groups is 1. The lowest BCUT2D eigenvalue weighted by molar-refractivity contribution is -0.129. The van der Waals surface area contributed by atoms with Crippen LogP contribution in [0.1, 0.15) is 16.7 Å². The first-order chi connectivity index (χ1) is 12.5. The van der Waals surface area contributed by atoms with E-state index in [1.165, 1.54) is 42.3 Å². The maximum Gasteiger partial charge on any atom is 0.269 e. The Hall–Kier alpha value is -1.88. The molecule has 1 heterocycles. The summed E-state index contributed by atoms with van der Waals surface area (Å²) in [5.74, 6) is -1.37. The van der Waals surface area contributed by atoms with Gasteiger partial charge in [0.1, 0.15) is 11.6 Å². The van der Waals surface area contributed by atoms with Crippen molar-refractivity contribution in [3.63, 3.8) is 0 Å². The van der Waals surface area contributed by atoms with Gasteiger partial charge in [-0.1, -0.05) is 30.3 Å². The molecule has 142 valence electrons. The van der Waals surface area contributed by atoms with Gasteiger partial charge in [-0.15, -0.1) is 0 Å². The van der Waals surface area contributed by atoms with Crippen LogP contribution in [-0.2, 0) is 26.2 Å². The summed E-state index contributed by atoms with van der Waals surface area (Å²) in [5, 5.41) is 3.22. The number of nitrogens with zero attached hydrogens (tertiary/aromatic N) is 1. The van der Waals surface area contributed by atoms with Crippen molar-refractivity contribution in [3.05, 3.63) is 69.4 Å². The number of nitrogens with one attached hydrogen (secondary N) is 1. The number of thiocarbonyl (C=S) groups is 1. The van der Waals surface area contributed by atoms with Gasteiger partial charge < -0.3 is 5.32 Å². The molecule has 1 saturated heterocycles. The van der Waals surface area contributed by atoms with Crippen LogP contribution in [0.2, 0.25) is 0 Å². The van der Waals surface area contributed by atoms with E-state index in [9.17, 15) is 17.6 Å². The second-order valence-electron chi connectivity index (χ2n) is 6.10. The minimum absolute atomic E-state index is 0.192. The van der Waals surface area contributed by atoms with E-state index < -0.39 is 27.2 Å². The predicted molar refractivity (Wildman–Crippen MR) is 105 cm³/mol. The first kappa shape index (κ1) is 19.9. The van der Waals surface area contributed by atoms with Gasteiger partial charge in [0.25, 0.3) is 16.0 Å². The molecule has 10 heteroatoms. The summed E-state index contributed by atoms with van der Waals surface area (Å²) in [7, 11) is -2.64. The molecule has 3 rings (SSSR count). The van der Waals surface area contributed by atoms with E-state index >= 15 is 0 Å². The fourth-order valence-electron chi connectivity index (χ4n) is 2.99. The summed E-state index contributed by atoms with van der Waals surface area (Å²) in [6, 6.07) is 10.4. The Bertz CT molecular complexity index is 1040. The lowest BCUT2D eigenvalue weighted by Gasteiger charge is -2.28. The normalized spacial score (nSPS) is 20.1. The van der Waals surface area contributed by atoms with Crippen LogP contribution in [0.3, 0.4) is 0 Å². The molecule has 0 aromatic heterocycles. The van der Waals surface area contributed by atoms with E-state index in [1.54, 1.807) is 12.1 Å². The number of benzene rings is 2. The van der Waals surface area contributed by atoms with Crippen LogP contribution >= 0.6 is 28.1 Å². The van der Waals surface area contributed by atoms with Gasteiger partial charge in [-0.05, 0) is 57.0 Å². The fraction of sp³-hybridized carbons (Fsp3) is 0.176. The van der Waals surface area contributed by atoms with Gasteiger partial charge in [0.2, 0.25) is 0 Å². The average Bonchev–Trinajstić information content (AvgIpc) is 2.82. The van der Waals surface area contributed by atoms with Crippen LogP contribution in [0.5, 0.6) is 0 Å². The van der Waals surface area contributed by atoms with Crippen LogP contribution in [0.4, 0.5) is 4.39 Å². The van der Waals surface area contributed by atoms with E-state index in [4.69, 9.17) is 16.8 Å². The Balaban J connectivity index is 2.15. The van der Waals surface area contributed by atoms with E-state index in [0.29, 0.717) is 16.7 Å². The zero-order chi connectivity index (χ0) is 20.0. The summed E-state index contributed by atoms with van der Waals surface area (Å²) in [4.78, 5) is 14.4. The standard InChI is InChI=1S/C17H14BrFN2O4S2/c1-21-15(22)17(20-16(21)26,12-6-7-14(19)13(18)8-12)11-4-2-10(3-5-11)9-27(23,24)25/h2-8H,9H2,1H3,(H,20,26)(H,23,24,25). The van der Waals surface area contributed by atoms with E-state index in [-0.39, 0.29) is 15.5 Å². The van der Waals surface area contributed by atoms with Crippen molar-refractivity contribution >= 4 is 49.3 Å². The third kappa shape index (κ3) is 3.62. The largest absolute Gasteiger partial charge is 0.341 e. The molecule has 0 saturated carbocycles. The Labute approximate surface area is 169 Å². The van der Waals surface area contributed by atoms with Gasteiger partial charge in [-0.3, -0.25) is 14.2 Å². The van der Waals surface area contributed by atoms with Gasteiger partial charge in [0, 0.05) is 7.05 Å². The van der Waals surface area contributed by atoms with Crippen molar-refractivity contribution < 1.29 is 22.2 Å². The monoisotopic (exact) mass is 472 g/mol. The molecule has 1 aliphatic rings. The number of carbonyl (C=O) groups excluding carboxylic acids is 1. The molecule has 2 N–H and O–H groups in total. The minimum atomic E-state index is -4.17. The molecule has 1 amide bonds. The SMILES string of the molecule is CN1C(=O)C(c2ccc(CS(=O)(=O)O)cc2)(c2ccc(F)c(Br)c2)NC1=S. The van der Waals surface area contributed by atoms with E-state index in [0.717, 1.165) is 0 Å². The molecule has 0 spiro atoms. The summed E-state index contributed by atoms with van der Waals surface area (Å²) in [6.07, 6.45) is 0. The van der Waals surface area contributed by atoms with Crippen molar-refractivity contribution in [1.29, 1.82) is 0 Å². The molecule has 0 radical (unpaired) electrons. The Kier molecular flexibility index (Phi) is 5.10. The average molecular weight is 473 g/mol. The molecule has 2 aromatic rings. The number of halogens is 2. The summed E-state index contributed by atoms with van der Waals surface area (Å²) < 4.78 is 45.0. The number of likely N-dealkylation sites (N-methyl/N-ethyl adjacent to an activating group) is 1. The van der Waals surface area contributed by atoms with E-state index in [2.05, 4.69) is 21.2 Å². The van der Waals surface area contributed by atoms with E-state index in [1.807, 2.05) is 0 Å². The van der Waals surface area contributed by atoms with Crippen molar-refractivity contribution in [3.8, 4) is 0 Å². The van der Waals surface area contributed by atoms with Crippen molar-refractivity contribution in [2.75, 3.05) is 7.05 Å². The molecule has 1 atom stereocenters. The maximum absolute atomic E-state index is 13.7. The highest BCUT2D eigenvalue weighted by atomic mass is 79.9. The molecule has 1 fully saturated rings. The van der Waals surface area contributed by atoms with Gasteiger partial charge in [0.15, 0.2) is 10.7 Å². The molecule has 0 bridgehead atoms. The smallest absolute Gasteiger partial charge is 0.269 e. The molecule has 1 aliphatic heterocycles. The highest BCUT2D eigenvalue weighted by Crippen LogP contribution is 2.37. The number of rotatable bonds is 4. The molecular formula is C17H14BrFN2O4S2. The molecular weight excluding hydrogens is 459 g/mol.